The van der Waals surface area contributed by atoms with Gasteiger partial charge in [0.25, 0.3) is 0 Å². The van der Waals surface area contributed by atoms with Crippen molar-refractivity contribution in [3.63, 3.8) is 0 Å². The molecule has 0 heterocycles. The van der Waals surface area contributed by atoms with Crippen LogP contribution in [0.5, 0.6) is 5.75 Å². The quantitative estimate of drug-likeness (QED) is 0.857. The molecule has 1 aliphatic carbocycles. The molecular weight excluding hydrogens is 254 g/mol. The zero-order valence-corrected chi connectivity index (χ0v) is 12.4. The Hall–Kier alpha value is -1.55. The smallest absolute Gasteiger partial charge is 0.344 e. The standard InChI is InChI=1S/C16H23NO3/c1-4-19-15(18)9-20-13-6-5-12-7-10(2)16(17)11(3)14(12)8-13/h5-6,8,10-11,16H,4,7,9,17H2,1-3H3/t10?,11?,16-/m0/s1. The SMILES string of the molecule is CCOC(=O)COc1ccc2c(c1)C(C)[C@@H](N)C(C)C2. The predicted octanol–water partition coefficient (Wildman–Crippen LogP) is 2.25. The highest BCUT2D eigenvalue weighted by atomic mass is 16.6. The highest BCUT2D eigenvalue weighted by Crippen LogP contribution is 2.35. The molecule has 1 aromatic carbocycles. The third-order valence-corrected chi connectivity index (χ3v) is 4.05. The first-order chi connectivity index (χ1) is 9.52. The van der Waals surface area contributed by atoms with Crippen LogP contribution < -0.4 is 10.5 Å². The van der Waals surface area contributed by atoms with Crippen LogP contribution in [0.2, 0.25) is 0 Å². The Bertz CT molecular complexity index is 487. The Morgan fingerprint density at radius 1 is 1.40 bits per heavy atom. The summed E-state index contributed by atoms with van der Waals surface area (Å²) in [5.74, 6) is 1.15. The molecule has 1 aliphatic rings. The molecule has 0 fully saturated rings. The van der Waals surface area contributed by atoms with Crippen LogP contribution >= 0.6 is 0 Å². The molecule has 110 valence electrons. The van der Waals surface area contributed by atoms with Crippen molar-refractivity contribution in [3.8, 4) is 5.75 Å². The van der Waals surface area contributed by atoms with Crippen molar-refractivity contribution in [1.82, 2.24) is 0 Å². The Balaban J connectivity index is 2.09. The molecule has 4 heteroatoms. The number of ether oxygens (including phenoxy) is 2. The summed E-state index contributed by atoms with van der Waals surface area (Å²) in [6, 6.07) is 6.16. The minimum absolute atomic E-state index is 0.0521. The maximum absolute atomic E-state index is 11.3. The summed E-state index contributed by atoms with van der Waals surface area (Å²) in [6.07, 6.45) is 0.999. The molecule has 0 aromatic heterocycles. The van der Waals surface area contributed by atoms with Gasteiger partial charge in [-0.1, -0.05) is 19.9 Å². The van der Waals surface area contributed by atoms with Gasteiger partial charge in [0.2, 0.25) is 0 Å². The Morgan fingerprint density at radius 2 is 2.15 bits per heavy atom. The molecule has 0 amide bonds. The number of carbonyl (C=O) groups is 1. The van der Waals surface area contributed by atoms with Crippen LogP contribution in [-0.4, -0.2) is 25.2 Å². The Morgan fingerprint density at radius 3 is 2.85 bits per heavy atom. The second kappa shape index (κ2) is 6.27. The number of fused-ring (bicyclic) bond motifs is 1. The molecule has 2 N–H and O–H groups in total. The van der Waals surface area contributed by atoms with E-state index in [4.69, 9.17) is 15.2 Å². The number of nitrogens with two attached hydrogens (primary N) is 1. The van der Waals surface area contributed by atoms with Gasteiger partial charge >= 0.3 is 5.97 Å². The molecule has 2 rings (SSSR count). The van der Waals surface area contributed by atoms with E-state index in [2.05, 4.69) is 19.9 Å². The van der Waals surface area contributed by atoms with E-state index < -0.39 is 0 Å². The van der Waals surface area contributed by atoms with Gasteiger partial charge in [-0.15, -0.1) is 0 Å². The summed E-state index contributed by atoms with van der Waals surface area (Å²) in [5.41, 5.74) is 8.80. The molecule has 20 heavy (non-hydrogen) atoms. The highest BCUT2D eigenvalue weighted by Gasteiger charge is 2.29. The third-order valence-electron chi connectivity index (χ3n) is 4.05. The number of hydrogen-bond donors (Lipinski definition) is 1. The fraction of sp³-hybridized carbons (Fsp3) is 0.562. The molecule has 4 nitrogen and oxygen atoms in total. The highest BCUT2D eigenvalue weighted by molar-refractivity contribution is 5.71. The Labute approximate surface area is 120 Å². The average Bonchev–Trinajstić information content (AvgIpc) is 2.43. The van der Waals surface area contributed by atoms with Gasteiger partial charge in [-0.05, 0) is 48.4 Å². The summed E-state index contributed by atoms with van der Waals surface area (Å²) < 4.78 is 10.3. The molecule has 0 aliphatic heterocycles. The van der Waals surface area contributed by atoms with Crippen LogP contribution in [0, 0.1) is 5.92 Å². The number of hydrogen-bond acceptors (Lipinski definition) is 4. The lowest BCUT2D eigenvalue weighted by Crippen LogP contribution is -2.38. The van der Waals surface area contributed by atoms with E-state index in [0.29, 0.717) is 24.2 Å². The van der Waals surface area contributed by atoms with Crippen molar-refractivity contribution in [2.45, 2.75) is 39.2 Å². The van der Waals surface area contributed by atoms with Crippen LogP contribution in [0.3, 0.4) is 0 Å². The molecule has 3 atom stereocenters. The van der Waals surface area contributed by atoms with Crippen LogP contribution in [0.1, 0.15) is 37.8 Å². The largest absolute Gasteiger partial charge is 0.482 e. The van der Waals surface area contributed by atoms with Gasteiger partial charge in [0.1, 0.15) is 5.75 Å². The van der Waals surface area contributed by atoms with E-state index in [-0.39, 0.29) is 18.6 Å². The van der Waals surface area contributed by atoms with Gasteiger partial charge in [0.05, 0.1) is 6.61 Å². The van der Waals surface area contributed by atoms with Gasteiger partial charge in [-0.2, -0.15) is 0 Å². The van der Waals surface area contributed by atoms with Crippen molar-refractivity contribution in [1.29, 1.82) is 0 Å². The van der Waals surface area contributed by atoms with Gasteiger partial charge < -0.3 is 15.2 Å². The monoisotopic (exact) mass is 277 g/mol. The molecule has 0 radical (unpaired) electrons. The van der Waals surface area contributed by atoms with Gasteiger partial charge in [0.15, 0.2) is 6.61 Å². The summed E-state index contributed by atoms with van der Waals surface area (Å²) in [4.78, 5) is 11.3. The lowest BCUT2D eigenvalue weighted by atomic mass is 9.75. The second-order valence-electron chi connectivity index (χ2n) is 5.50. The summed E-state index contributed by atoms with van der Waals surface area (Å²) in [7, 11) is 0. The maximum Gasteiger partial charge on any atom is 0.344 e. The lowest BCUT2D eigenvalue weighted by molar-refractivity contribution is -0.145. The summed E-state index contributed by atoms with van der Waals surface area (Å²) in [5, 5.41) is 0. The van der Waals surface area contributed by atoms with Crippen LogP contribution in [0.4, 0.5) is 0 Å². The number of benzene rings is 1. The molecule has 0 saturated heterocycles. The molecular formula is C16H23NO3. The number of esters is 1. The Kier molecular flexibility index (Phi) is 4.65. The summed E-state index contributed by atoms with van der Waals surface area (Å²) in [6.45, 7) is 6.43. The first kappa shape index (κ1) is 14.9. The number of rotatable bonds is 4. The van der Waals surface area contributed by atoms with Crippen LogP contribution in [0.15, 0.2) is 18.2 Å². The van der Waals surface area contributed by atoms with E-state index in [0.717, 1.165) is 6.42 Å². The topological polar surface area (TPSA) is 61.5 Å². The number of carbonyl (C=O) groups excluding carboxylic acids is 1. The molecule has 2 unspecified atom stereocenters. The van der Waals surface area contributed by atoms with E-state index in [1.165, 1.54) is 11.1 Å². The van der Waals surface area contributed by atoms with Crippen molar-refractivity contribution in [3.05, 3.63) is 29.3 Å². The zero-order chi connectivity index (χ0) is 14.7. The predicted molar refractivity (Wildman–Crippen MR) is 77.8 cm³/mol. The summed E-state index contributed by atoms with van der Waals surface area (Å²) >= 11 is 0. The minimum Gasteiger partial charge on any atom is -0.482 e. The zero-order valence-electron chi connectivity index (χ0n) is 12.4. The van der Waals surface area contributed by atoms with Crippen LogP contribution in [0.25, 0.3) is 0 Å². The first-order valence-corrected chi connectivity index (χ1v) is 7.19. The molecule has 0 spiro atoms. The molecule has 1 aromatic rings. The fourth-order valence-electron chi connectivity index (χ4n) is 2.80. The van der Waals surface area contributed by atoms with Crippen molar-refractivity contribution in [2.75, 3.05) is 13.2 Å². The average molecular weight is 277 g/mol. The third kappa shape index (κ3) is 3.12. The van der Waals surface area contributed by atoms with Gasteiger partial charge in [0, 0.05) is 6.04 Å². The van der Waals surface area contributed by atoms with Gasteiger partial charge in [-0.3, -0.25) is 0 Å². The first-order valence-electron chi connectivity index (χ1n) is 7.19. The van der Waals surface area contributed by atoms with E-state index in [9.17, 15) is 4.79 Å². The van der Waals surface area contributed by atoms with E-state index in [1.807, 2.05) is 12.1 Å². The minimum atomic E-state index is -0.344. The van der Waals surface area contributed by atoms with Crippen molar-refractivity contribution in [2.24, 2.45) is 11.7 Å². The normalized spacial score (nSPS) is 24.9. The second-order valence-corrected chi connectivity index (χ2v) is 5.50. The van der Waals surface area contributed by atoms with Crippen molar-refractivity contribution < 1.29 is 14.3 Å². The molecule has 0 saturated carbocycles. The van der Waals surface area contributed by atoms with Crippen LogP contribution in [-0.2, 0) is 16.0 Å². The van der Waals surface area contributed by atoms with Gasteiger partial charge in [-0.25, -0.2) is 4.79 Å². The van der Waals surface area contributed by atoms with E-state index >= 15 is 0 Å². The lowest BCUT2D eigenvalue weighted by Gasteiger charge is -2.34. The van der Waals surface area contributed by atoms with E-state index in [1.54, 1.807) is 6.92 Å². The van der Waals surface area contributed by atoms with Crippen molar-refractivity contribution >= 4 is 5.97 Å². The maximum atomic E-state index is 11.3. The molecule has 0 bridgehead atoms. The fourth-order valence-corrected chi connectivity index (χ4v) is 2.80.